The van der Waals surface area contributed by atoms with Gasteiger partial charge in [-0.1, -0.05) is 12.1 Å². The van der Waals surface area contributed by atoms with Crippen LogP contribution in [0.3, 0.4) is 0 Å². The number of esters is 1. The van der Waals surface area contributed by atoms with Gasteiger partial charge in [0.2, 0.25) is 0 Å². The van der Waals surface area contributed by atoms with Crippen molar-refractivity contribution >= 4 is 22.9 Å². The van der Waals surface area contributed by atoms with Gasteiger partial charge in [-0.2, -0.15) is 8.78 Å². The first-order chi connectivity index (χ1) is 12.4. The number of ether oxygens (including phenoxy) is 1. The molecule has 0 radical (unpaired) electrons. The first-order valence-corrected chi connectivity index (χ1v) is 7.60. The molecule has 0 fully saturated rings. The van der Waals surface area contributed by atoms with E-state index in [0.29, 0.717) is 5.52 Å². The van der Waals surface area contributed by atoms with Crippen molar-refractivity contribution in [1.29, 1.82) is 0 Å². The lowest BCUT2D eigenvalue weighted by molar-refractivity contribution is 0.0232. The molecule has 0 bridgehead atoms. The second-order valence-electron chi connectivity index (χ2n) is 5.45. The number of pyridine rings is 1. The molecule has 2 N–H and O–H groups in total. The topological polar surface area (TPSA) is 100 Å². The molecule has 0 unspecified atom stereocenters. The number of amides is 1. The largest absolute Gasteiger partial charge is 0.451 e. The van der Waals surface area contributed by atoms with E-state index in [1.54, 1.807) is 18.2 Å². The van der Waals surface area contributed by atoms with Crippen LogP contribution in [0.15, 0.2) is 42.6 Å². The van der Waals surface area contributed by atoms with Crippen LogP contribution >= 0.6 is 0 Å². The van der Waals surface area contributed by atoms with Crippen LogP contribution in [0.1, 0.15) is 46.2 Å². The van der Waals surface area contributed by atoms with Gasteiger partial charge < -0.3 is 10.5 Å². The zero-order valence-corrected chi connectivity index (χ0v) is 13.6. The molecule has 0 aliphatic heterocycles. The number of benzene rings is 1. The summed E-state index contributed by atoms with van der Waals surface area (Å²) in [6.07, 6.45) is 0.102. The van der Waals surface area contributed by atoms with E-state index < -0.39 is 24.5 Å². The normalized spacial score (nSPS) is 12.3. The number of carbonyl (C=O) groups excluding carboxylic acids is 2. The molecule has 0 spiro atoms. The molecule has 0 aliphatic carbocycles. The van der Waals surface area contributed by atoms with Crippen molar-refractivity contribution in [3.05, 3.63) is 59.7 Å². The molecule has 0 aliphatic rings. The fourth-order valence-electron chi connectivity index (χ4n) is 2.50. The maximum Gasteiger partial charge on any atom is 0.340 e. The van der Waals surface area contributed by atoms with E-state index in [1.165, 1.54) is 25.1 Å². The lowest BCUT2D eigenvalue weighted by atomic mass is 10.2. The van der Waals surface area contributed by atoms with Crippen LogP contribution in [0.4, 0.5) is 8.78 Å². The minimum absolute atomic E-state index is 0.00547. The fraction of sp³-hybridized carbons (Fsp3) is 0.176. The Morgan fingerprint density at radius 2 is 1.92 bits per heavy atom. The number of halogens is 2. The smallest absolute Gasteiger partial charge is 0.340 e. The van der Waals surface area contributed by atoms with E-state index in [0.717, 1.165) is 10.8 Å². The molecule has 0 saturated heterocycles. The van der Waals surface area contributed by atoms with Crippen LogP contribution in [-0.2, 0) is 4.74 Å². The second kappa shape index (κ2) is 6.87. The molecular weight excluding hydrogens is 346 g/mol. The minimum Gasteiger partial charge on any atom is -0.451 e. The van der Waals surface area contributed by atoms with Gasteiger partial charge in [0.05, 0.1) is 16.6 Å². The molecule has 134 valence electrons. The first-order valence-electron chi connectivity index (χ1n) is 7.60. The highest BCUT2D eigenvalue weighted by atomic mass is 19.3. The fourth-order valence-corrected chi connectivity index (χ4v) is 2.50. The molecule has 2 heterocycles. The number of nitrogens with two attached hydrogens (primary N) is 1. The lowest BCUT2D eigenvalue weighted by Crippen LogP contribution is -2.16. The van der Waals surface area contributed by atoms with Crippen molar-refractivity contribution in [2.75, 3.05) is 0 Å². The first kappa shape index (κ1) is 17.5. The van der Waals surface area contributed by atoms with E-state index in [4.69, 9.17) is 10.5 Å². The van der Waals surface area contributed by atoms with Crippen LogP contribution < -0.4 is 5.73 Å². The molecule has 3 aromatic rings. The quantitative estimate of drug-likeness (QED) is 0.705. The monoisotopic (exact) mass is 360 g/mol. The molecule has 2 aromatic heterocycles. The zero-order valence-electron chi connectivity index (χ0n) is 13.6. The number of imidazole rings is 1. The van der Waals surface area contributed by atoms with Crippen molar-refractivity contribution in [2.24, 2.45) is 5.73 Å². The van der Waals surface area contributed by atoms with E-state index in [2.05, 4.69) is 9.97 Å². The second-order valence-corrected chi connectivity index (χ2v) is 5.45. The summed E-state index contributed by atoms with van der Waals surface area (Å²) < 4.78 is 32.9. The van der Waals surface area contributed by atoms with Gasteiger partial charge in [-0.25, -0.2) is 9.78 Å². The van der Waals surface area contributed by atoms with Crippen LogP contribution in [0, 0.1) is 0 Å². The third kappa shape index (κ3) is 3.23. The Balaban J connectivity index is 1.86. The number of carbonyl (C=O) groups is 2. The van der Waals surface area contributed by atoms with Crippen LogP contribution in [0.25, 0.3) is 11.0 Å². The van der Waals surface area contributed by atoms with Gasteiger partial charge in [-0.05, 0) is 31.2 Å². The number of para-hydroxylation sites is 2. The number of hydrogen-bond acceptors (Lipinski definition) is 5. The zero-order chi connectivity index (χ0) is 18.8. The number of alkyl halides is 2. The third-order valence-electron chi connectivity index (χ3n) is 3.72. The van der Waals surface area contributed by atoms with Gasteiger partial charge in [0.1, 0.15) is 5.69 Å². The molecule has 7 nitrogen and oxygen atoms in total. The summed E-state index contributed by atoms with van der Waals surface area (Å²) >= 11 is 0. The highest BCUT2D eigenvalue weighted by Crippen LogP contribution is 2.28. The van der Waals surface area contributed by atoms with Gasteiger partial charge >= 0.3 is 12.5 Å². The number of rotatable bonds is 5. The maximum atomic E-state index is 13.5. The van der Waals surface area contributed by atoms with Crippen LogP contribution in [-0.4, -0.2) is 26.4 Å². The highest BCUT2D eigenvalue weighted by molar-refractivity contribution is 5.93. The highest BCUT2D eigenvalue weighted by Gasteiger charge is 2.24. The van der Waals surface area contributed by atoms with Crippen molar-refractivity contribution in [3.8, 4) is 0 Å². The summed E-state index contributed by atoms with van der Waals surface area (Å²) in [5.41, 5.74) is 5.75. The molecule has 9 heteroatoms. The molecule has 26 heavy (non-hydrogen) atoms. The molecule has 1 atom stereocenters. The third-order valence-corrected chi connectivity index (χ3v) is 3.72. The minimum atomic E-state index is -2.84. The van der Waals surface area contributed by atoms with Crippen LogP contribution in [0.5, 0.6) is 0 Å². The van der Waals surface area contributed by atoms with Gasteiger partial charge in [0.15, 0.2) is 11.9 Å². The number of nitrogens with zero attached hydrogens (tertiary/aromatic N) is 3. The number of primary amides is 1. The summed E-state index contributed by atoms with van der Waals surface area (Å²) in [6.45, 7) is -1.39. The average Bonchev–Trinajstić information content (AvgIpc) is 3.01. The van der Waals surface area contributed by atoms with Crippen LogP contribution in [0.2, 0.25) is 0 Å². The predicted molar refractivity (Wildman–Crippen MR) is 87.6 cm³/mol. The summed E-state index contributed by atoms with van der Waals surface area (Å²) in [5, 5.41) is 0. The van der Waals surface area contributed by atoms with Crippen molar-refractivity contribution in [3.63, 3.8) is 0 Å². The SMILES string of the molecule is C[C@@H](OC(=O)c1ccc(C(N)=O)nc1)c1nc2ccccc2n1C(F)F. The average molecular weight is 360 g/mol. The summed E-state index contributed by atoms with van der Waals surface area (Å²) in [5.74, 6) is -1.59. The van der Waals surface area contributed by atoms with E-state index in [-0.39, 0.29) is 22.6 Å². The van der Waals surface area contributed by atoms with E-state index >= 15 is 0 Å². The Morgan fingerprint density at radius 3 is 2.54 bits per heavy atom. The Labute approximate surface area is 146 Å². The number of hydrogen-bond donors (Lipinski definition) is 1. The summed E-state index contributed by atoms with van der Waals surface area (Å²) in [7, 11) is 0. The summed E-state index contributed by atoms with van der Waals surface area (Å²) in [4.78, 5) is 31.1. The standard InChI is InChI=1S/C17H14F2N4O3/c1-9(26-16(25)10-6-7-12(14(20)24)21-8-10)15-22-11-4-2-3-5-13(11)23(15)17(18)19/h2-9,17H,1H3,(H2,20,24)/t9-/m1/s1. The Bertz CT molecular complexity index is 970. The molecule has 1 aromatic carbocycles. The van der Waals surface area contributed by atoms with Crippen molar-refractivity contribution < 1.29 is 23.1 Å². The molecule has 3 rings (SSSR count). The van der Waals surface area contributed by atoms with Crippen molar-refractivity contribution in [1.82, 2.24) is 14.5 Å². The van der Waals surface area contributed by atoms with Gasteiger partial charge in [-0.15, -0.1) is 0 Å². The Kier molecular flexibility index (Phi) is 4.61. The van der Waals surface area contributed by atoms with Gasteiger partial charge in [0, 0.05) is 6.20 Å². The molecule has 1 amide bonds. The van der Waals surface area contributed by atoms with Crippen molar-refractivity contribution in [2.45, 2.75) is 19.6 Å². The lowest BCUT2D eigenvalue weighted by Gasteiger charge is -2.15. The molecule has 0 saturated carbocycles. The van der Waals surface area contributed by atoms with E-state index in [9.17, 15) is 18.4 Å². The summed E-state index contributed by atoms with van der Waals surface area (Å²) in [6, 6.07) is 9.00. The number of aromatic nitrogens is 3. The number of fused-ring (bicyclic) bond motifs is 1. The van der Waals surface area contributed by atoms with Gasteiger partial charge in [0.25, 0.3) is 5.91 Å². The Morgan fingerprint density at radius 1 is 1.19 bits per heavy atom. The van der Waals surface area contributed by atoms with Gasteiger partial charge in [-0.3, -0.25) is 14.3 Å². The predicted octanol–water partition coefficient (Wildman–Crippen LogP) is 2.84. The van der Waals surface area contributed by atoms with E-state index in [1.807, 2.05) is 0 Å². The molecular formula is C17H14F2N4O3. The maximum absolute atomic E-state index is 13.5. The Hall–Kier alpha value is -3.36.